The van der Waals surface area contributed by atoms with E-state index < -0.39 is 0 Å². The van der Waals surface area contributed by atoms with Gasteiger partial charge in [0.05, 0.1) is 15.9 Å². The molecule has 3 nitrogen and oxygen atoms in total. The lowest BCUT2D eigenvalue weighted by atomic mass is 10.1. The van der Waals surface area contributed by atoms with Crippen LogP contribution in [0.2, 0.25) is 5.02 Å². The number of thioether (sulfide) groups is 1. The summed E-state index contributed by atoms with van der Waals surface area (Å²) in [7, 11) is 1.70. The van der Waals surface area contributed by atoms with E-state index >= 15 is 0 Å². The monoisotopic (exact) mass is 278 g/mol. The van der Waals surface area contributed by atoms with Gasteiger partial charge in [-0.1, -0.05) is 35.5 Å². The van der Waals surface area contributed by atoms with E-state index in [1.807, 2.05) is 6.92 Å². The number of allylic oxidation sites excluding steroid dienone is 1. The highest BCUT2D eigenvalue weighted by atomic mass is 35.5. The van der Waals surface area contributed by atoms with E-state index in [1.165, 1.54) is 11.8 Å². The Labute approximate surface area is 115 Å². The second kappa shape index (κ2) is 5.05. The maximum atomic E-state index is 11.8. The van der Waals surface area contributed by atoms with Gasteiger partial charge in [-0.15, -0.1) is 0 Å². The largest absolute Gasteiger partial charge is 0.308 e. The Balaban J connectivity index is 2.49. The predicted molar refractivity (Wildman–Crippen MR) is 73.8 cm³/mol. The van der Waals surface area contributed by atoms with E-state index in [0.717, 1.165) is 5.56 Å². The van der Waals surface area contributed by atoms with Crippen LogP contribution in [0.15, 0.2) is 29.3 Å². The van der Waals surface area contributed by atoms with Crippen molar-refractivity contribution in [2.45, 2.75) is 12.2 Å². The lowest BCUT2D eigenvalue weighted by Gasteiger charge is -2.12. The first-order chi connectivity index (χ1) is 8.54. The van der Waals surface area contributed by atoms with Crippen molar-refractivity contribution in [1.82, 2.24) is 4.90 Å². The van der Waals surface area contributed by atoms with Crippen molar-refractivity contribution in [3.05, 3.63) is 39.9 Å². The number of hydrogen-bond donors (Lipinski definition) is 0. The lowest BCUT2D eigenvalue weighted by Crippen LogP contribution is -2.23. The molecule has 1 saturated heterocycles. The molecule has 92 valence electrons. The molecule has 1 aliphatic rings. The van der Waals surface area contributed by atoms with Gasteiger partial charge in [-0.05, 0) is 24.6 Å². The van der Waals surface area contributed by atoms with E-state index in [2.05, 4.69) is 6.07 Å². The molecule has 1 aromatic carbocycles. The Kier molecular flexibility index (Phi) is 3.65. The highest BCUT2D eigenvalue weighted by Crippen LogP contribution is 2.38. The summed E-state index contributed by atoms with van der Waals surface area (Å²) in [5.41, 5.74) is 1.29. The Hall–Kier alpha value is -1.44. The average molecular weight is 279 g/mol. The first-order valence-electron chi connectivity index (χ1n) is 5.39. The number of carbonyl (C=O) groups is 1. The van der Waals surface area contributed by atoms with Crippen molar-refractivity contribution >= 4 is 34.8 Å². The van der Waals surface area contributed by atoms with E-state index in [0.29, 0.717) is 15.6 Å². The van der Waals surface area contributed by atoms with Crippen molar-refractivity contribution in [2.75, 3.05) is 7.05 Å². The zero-order valence-corrected chi connectivity index (χ0v) is 11.5. The molecule has 0 aliphatic carbocycles. The number of carbonyl (C=O) groups excluding carboxylic acids is 1. The third-order valence-corrected chi connectivity index (χ3v) is 4.24. The highest BCUT2D eigenvalue weighted by Gasteiger charge is 2.33. The second-order valence-electron chi connectivity index (χ2n) is 3.96. The van der Waals surface area contributed by atoms with Gasteiger partial charge in [-0.25, -0.2) is 0 Å². The zero-order chi connectivity index (χ0) is 13.3. The molecular weight excluding hydrogens is 268 g/mol. The average Bonchev–Trinajstić information content (AvgIpc) is 2.61. The Morgan fingerprint density at radius 2 is 2.06 bits per heavy atom. The number of nitriles is 1. The topological polar surface area (TPSA) is 44.1 Å². The Morgan fingerprint density at radius 1 is 1.44 bits per heavy atom. The molecule has 0 aromatic heterocycles. The molecule has 1 heterocycles. The van der Waals surface area contributed by atoms with Crippen molar-refractivity contribution in [2.24, 2.45) is 0 Å². The van der Waals surface area contributed by atoms with Gasteiger partial charge in [0.1, 0.15) is 6.07 Å². The van der Waals surface area contributed by atoms with Crippen molar-refractivity contribution < 1.29 is 4.79 Å². The van der Waals surface area contributed by atoms with Gasteiger partial charge >= 0.3 is 0 Å². The Morgan fingerprint density at radius 3 is 2.50 bits per heavy atom. The zero-order valence-electron chi connectivity index (χ0n) is 9.98. The minimum atomic E-state index is -0.138. The first-order valence-corrected chi connectivity index (χ1v) is 6.65. The smallest absolute Gasteiger partial charge is 0.240 e. The van der Waals surface area contributed by atoms with Crippen LogP contribution in [0.4, 0.5) is 0 Å². The summed E-state index contributed by atoms with van der Waals surface area (Å²) < 4.78 is 0. The fourth-order valence-electron chi connectivity index (χ4n) is 1.75. The summed E-state index contributed by atoms with van der Waals surface area (Å²) in [6.07, 6.45) is 0. The molecule has 1 aromatic rings. The predicted octanol–water partition coefficient (Wildman–Crippen LogP) is 3.13. The molecule has 1 aliphatic heterocycles. The van der Waals surface area contributed by atoms with Crippen molar-refractivity contribution in [3.8, 4) is 6.07 Å². The fraction of sp³-hybridized carbons (Fsp3) is 0.231. The number of halogens is 1. The van der Waals surface area contributed by atoms with Crippen LogP contribution in [-0.2, 0) is 4.79 Å². The second-order valence-corrected chi connectivity index (χ2v) is 5.72. The molecule has 1 atom stereocenters. The number of rotatable bonds is 1. The molecule has 0 saturated carbocycles. The Bertz CT molecular complexity index is 559. The van der Waals surface area contributed by atoms with Crippen molar-refractivity contribution in [3.63, 3.8) is 0 Å². The quantitative estimate of drug-likeness (QED) is 0.742. The van der Waals surface area contributed by atoms with Crippen LogP contribution in [0.3, 0.4) is 0 Å². The fourth-order valence-corrected chi connectivity index (χ4v) is 3.00. The summed E-state index contributed by atoms with van der Waals surface area (Å²) in [6, 6.07) is 9.22. The van der Waals surface area contributed by atoms with Crippen LogP contribution in [-0.4, -0.2) is 23.1 Å². The summed E-state index contributed by atoms with van der Waals surface area (Å²) in [5.74, 6) is 0.0247. The minimum absolute atomic E-state index is 0.0247. The van der Waals surface area contributed by atoms with Gasteiger partial charge in [-0.2, -0.15) is 5.26 Å². The number of nitrogens with zero attached hydrogens (tertiary/aromatic N) is 2. The minimum Gasteiger partial charge on any atom is -0.308 e. The number of hydrogen-bond acceptors (Lipinski definition) is 3. The molecule has 1 unspecified atom stereocenters. The third-order valence-electron chi connectivity index (χ3n) is 2.73. The molecule has 0 spiro atoms. The van der Waals surface area contributed by atoms with Gasteiger partial charge in [0, 0.05) is 12.1 Å². The van der Waals surface area contributed by atoms with Gasteiger partial charge in [-0.3, -0.25) is 4.79 Å². The molecule has 1 amide bonds. The molecule has 0 radical (unpaired) electrons. The molecule has 0 N–H and O–H groups in total. The molecule has 0 bridgehead atoms. The number of benzene rings is 1. The van der Waals surface area contributed by atoms with Gasteiger partial charge < -0.3 is 4.90 Å². The summed E-state index contributed by atoms with van der Waals surface area (Å²) in [4.78, 5) is 13.3. The first kappa shape index (κ1) is 13.0. The van der Waals surface area contributed by atoms with E-state index in [-0.39, 0.29) is 11.2 Å². The molecule has 2 rings (SSSR count). The summed E-state index contributed by atoms with van der Waals surface area (Å²) in [6.45, 7) is 1.84. The van der Waals surface area contributed by atoms with Crippen molar-refractivity contribution in [1.29, 1.82) is 5.26 Å². The normalized spacial score (nSPS) is 22.0. The lowest BCUT2D eigenvalue weighted by molar-refractivity contribution is -0.126. The van der Waals surface area contributed by atoms with Gasteiger partial charge in [0.25, 0.3) is 0 Å². The summed E-state index contributed by atoms with van der Waals surface area (Å²) >= 11 is 7.24. The van der Waals surface area contributed by atoms with E-state index in [4.69, 9.17) is 11.6 Å². The maximum Gasteiger partial charge on any atom is 0.240 e. The van der Waals surface area contributed by atoms with Crippen LogP contribution in [0, 0.1) is 11.3 Å². The van der Waals surface area contributed by atoms with Crippen LogP contribution in [0.5, 0.6) is 0 Å². The third kappa shape index (κ3) is 2.24. The highest BCUT2D eigenvalue weighted by molar-refractivity contribution is 8.05. The van der Waals surface area contributed by atoms with Crippen LogP contribution < -0.4 is 0 Å². The summed E-state index contributed by atoms with van der Waals surface area (Å²) in [5, 5.41) is 10.5. The van der Waals surface area contributed by atoms with Gasteiger partial charge in [0.2, 0.25) is 5.91 Å². The number of amides is 1. The molecular formula is C13H11ClN2OS. The SMILES string of the molecule is CC1S/C(=C(/C#N)c2ccc(Cl)cc2)N(C)C1=O. The molecule has 1 fully saturated rings. The van der Waals surface area contributed by atoms with Gasteiger partial charge in [0.15, 0.2) is 0 Å². The van der Waals surface area contributed by atoms with E-state index in [9.17, 15) is 10.1 Å². The standard InChI is InChI=1S/C13H11ClN2OS/c1-8-12(17)16(2)13(18-8)11(7-15)9-3-5-10(14)6-4-9/h3-6,8H,1-2H3/b13-11-. The van der Waals surface area contributed by atoms with E-state index in [1.54, 1.807) is 36.2 Å². The molecule has 18 heavy (non-hydrogen) atoms. The van der Waals surface area contributed by atoms with Crippen LogP contribution in [0.1, 0.15) is 12.5 Å². The maximum absolute atomic E-state index is 11.8. The molecule has 5 heteroatoms. The van der Waals surface area contributed by atoms with Crippen LogP contribution >= 0.6 is 23.4 Å². The van der Waals surface area contributed by atoms with Crippen LogP contribution in [0.25, 0.3) is 5.57 Å².